The van der Waals surface area contributed by atoms with Crippen LogP contribution >= 0.6 is 0 Å². The number of nitrogens with two attached hydrogens (primary N) is 1. The molecule has 0 bridgehead atoms. The molecule has 0 aliphatic carbocycles. The van der Waals surface area contributed by atoms with Crippen LogP contribution in [0.1, 0.15) is 24.0 Å². The molecule has 1 aromatic heterocycles. The maximum absolute atomic E-state index is 11.6. The molecule has 0 saturated heterocycles. The van der Waals surface area contributed by atoms with Crippen LogP contribution in [0.15, 0.2) is 48.8 Å². The zero-order chi connectivity index (χ0) is 14.2. The van der Waals surface area contributed by atoms with E-state index in [9.17, 15) is 4.79 Å². The maximum atomic E-state index is 11.6. The number of nitrogens with zero attached hydrogens (tertiary/aromatic N) is 1. The molecule has 104 valence electrons. The molecule has 20 heavy (non-hydrogen) atoms. The summed E-state index contributed by atoms with van der Waals surface area (Å²) in [6, 6.07) is 11.9. The third-order valence-corrected chi connectivity index (χ3v) is 3.00. The molecule has 2 rings (SSSR count). The largest absolute Gasteiger partial charge is 0.330 e. The molecule has 4 nitrogen and oxygen atoms in total. The summed E-state index contributed by atoms with van der Waals surface area (Å²) in [5.74, 6) is 0.0114. The van der Waals surface area contributed by atoms with Gasteiger partial charge in [0.25, 0.3) is 0 Å². The van der Waals surface area contributed by atoms with Crippen molar-refractivity contribution >= 4 is 11.6 Å². The summed E-state index contributed by atoms with van der Waals surface area (Å²) in [5, 5.41) is 2.86. The fraction of sp³-hybridized carbons (Fsp3) is 0.250. The standard InChI is InChI=1S/C16H19N3O/c17-9-1-2-16(20)19-15-5-3-13(4-6-15)12-14-7-10-18-11-8-14/h3-8,10-11H,1-2,9,12,17H2,(H,19,20). The number of hydrogen-bond donors (Lipinski definition) is 2. The van der Waals surface area contributed by atoms with Gasteiger partial charge >= 0.3 is 0 Å². The molecule has 1 aromatic carbocycles. The molecule has 0 unspecified atom stereocenters. The minimum atomic E-state index is 0.0114. The van der Waals surface area contributed by atoms with Crippen LogP contribution in [0, 0.1) is 0 Å². The first-order valence-corrected chi connectivity index (χ1v) is 6.75. The lowest BCUT2D eigenvalue weighted by molar-refractivity contribution is -0.116. The van der Waals surface area contributed by atoms with Crippen molar-refractivity contribution in [1.82, 2.24) is 4.98 Å². The van der Waals surface area contributed by atoms with Gasteiger partial charge in [-0.1, -0.05) is 12.1 Å². The highest BCUT2D eigenvalue weighted by Crippen LogP contribution is 2.13. The second-order valence-electron chi connectivity index (χ2n) is 4.67. The Morgan fingerprint density at radius 2 is 1.70 bits per heavy atom. The smallest absolute Gasteiger partial charge is 0.224 e. The number of amides is 1. The van der Waals surface area contributed by atoms with E-state index >= 15 is 0 Å². The average molecular weight is 269 g/mol. The van der Waals surface area contributed by atoms with Crippen molar-refractivity contribution in [3.8, 4) is 0 Å². The summed E-state index contributed by atoms with van der Waals surface area (Å²) >= 11 is 0. The third-order valence-electron chi connectivity index (χ3n) is 3.00. The molecule has 0 radical (unpaired) electrons. The Balaban J connectivity index is 1.91. The Labute approximate surface area is 119 Å². The number of benzene rings is 1. The van der Waals surface area contributed by atoms with Crippen molar-refractivity contribution in [3.63, 3.8) is 0 Å². The Kier molecular flexibility index (Phi) is 5.26. The van der Waals surface area contributed by atoms with E-state index in [4.69, 9.17) is 5.73 Å². The normalized spacial score (nSPS) is 10.2. The first-order valence-electron chi connectivity index (χ1n) is 6.75. The van der Waals surface area contributed by atoms with Crippen LogP contribution in [0.3, 0.4) is 0 Å². The maximum Gasteiger partial charge on any atom is 0.224 e. The van der Waals surface area contributed by atoms with Gasteiger partial charge < -0.3 is 11.1 Å². The van der Waals surface area contributed by atoms with Gasteiger partial charge in [0.15, 0.2) is 0 Å². The Morgan fingerprint density at radius 3 is 2.35 bits per heavy atom. The molecule has 0 aliphatic heterocycles. The van der Waals surface area contributed by atoms with Crippen LogP contribution in [-0.4, -0.2) is 17.4 Å². The van der Waals surface area contributed by atoms with Crippen molar-refractivity contribution < 1.29 is 4.79 Å². The lowest BCUT2D eigenvalue weighted by Crippen LogP contribution is -2.13. The van der Waals surface area contributed by atoms with E-state index in [2.05, 4.69) is 10.3 Å². The van der Waals surface area contributed by atoms with Crippen molar-refractivity contribution in [2.75, 3.05) is 11.9 Å². The van der Waals surface area contributed by atoms with E-state index < -0.39 is 0 Å². The van der Waals surface area contributed by atoms with Gasteiger partial charge in [0.05, 0.1) is 0 Å². The van der Waals surface area contributed by atoms with E-state index in [1.807, 2.05) is 36.4 Å². The number of rotatable bonds is 6. The highest BCUT2D eigenvalue weighted by molar-refractivity contribution is 5.90. The number of aromatic nitrogens is 1. The first kappa shape index (κ1) is 14.2. The molecule has 0 fully saturated rings. The summed E-state index contributed by atoms with van der Waals surface area (Å²) in [6.45, 7) is 0.540. The van der Waals surface area contributed by atoms with Crippen molar-refractivity contribution in [2.24, 2.45) is 5.73 Å². The van der Waals surface area contributed by atoms with Crippen LogP contribution in [-0.2, 0) is 11.2 Å². The number of carbonyl (C=O) groups is 1. The first-order chi connectivity index (χ1) is 9.78. The zero-order valence-electron chi connectivity index (χ0n) is 11.4. The predicted molar refractivity (Wildman–Crippen MR) is 80.4 cm³/mol. The van der Waals surface area contributed by atoms with Crippen LogP contribution in [0.5, 0.6) is 0 Å². The van der Waals surface area contributed by atoms with Gasteiger partial charge in [-0.15, -0.1) is 0 Å². The fourth-order valence-corrected chi connectivity index (χ4v) is 1.93. The van der Waals surface area contributed by atoms with E-state index in [0.29, 0.717) is 19.4 Å². The lowest BCUT2D eigenvalue weighted by Gasteiger charge is -2.06. The molecule has 1 heterocycles. The number of nitrogens with one attached hydrogen (secondary N) is 1. The van der Waals surface area contributed by atoms with Gasteiger partial charge in [0.2, 0.25) is 5.91 Å². The number of anilines is 1. The monoisotopic (exact) mass is 269 g/mol. The second-order valence-corrected chi connectivity index (χ2v) is 4.67. The van der Waals surface area contributed by atoms with Crippen molar-refractivity contribution in [2.45, 2.75) is 19.3 Å². The lowest BCUT2D eigenvalue weighted by atomic mass is 10.1. The van der Waals surface area contributed by atoms with Gasteiger partial charge in [-0.05, 0) is 54.8 Å². The minimum absolute atomic E-state index is 0.0114. The average Bonchev–Trinajstić information content (AvgIpc) is 2.48. The topological polar surface area (TPSA) is 68.0 Å². The number of hydrogen-bond acceptors (Lipinski definition) is 3. The summed E-state index contributed by atoms with van der Waals surface area (Å²) in [7, 11) is 0. The highest BCUT2D eigenvalue weighted by Gasteiger charge is 2.02. The molecule has 0 saturated carbocycles. The van der Waals surface area contributed by atoms with Gasteiger partial charge in [0.1, 0.15) is 0 Å². The van der Waals surface area contributed by atoms with E-state index in [1.165, 1.54) is 11.1 Å². The van der Waals surface area contributed by atoms with Gasteiger partial charge in [-0.3, -0.25) is 9.78 Å². The molecule has 0 aliphatic rings. The second kappa shape index (κ2) is 7.40. The summed E-state index contributed by atoms with van der Waals surface area (Å²) in [6.07, 6.45) is 5.63. The van der Waals surface area contributed by atoms with E-state index in [1.54, 1.807) is 12.4 Å². The summed E-state index contributed by atoms with van der Waals surface area (Å²) < 4.78 is 0. The van der Waals surface area contributed by atoms with E-state index in [0.717, 1.165) is 12.1 Å². The molecular formula is C16H19N3O. The van der Waals surface area contributed by atoms with E-state index in [-0.39, 0.29) is 5.91 Å². The number of pyridine rings is 1. The Morgan fingerprint density at radius 1 is 1.05 bits per heavy atom. The van der Waals surface area contributed by atoms with Gasteiger partial charge in [0, 0.05) is 24.5 Å². The Bertz CT molecular complexity index is 537. The van der Waals surface area contributed by atoms with Crippen molar-refractivity contribution in [1.29, 1.82) is 0 Å². The Hall–Kier alpha value is -2.20. The minimum Gasteiger partial charge on any atom is -0.330 e. The quantitative estimate of drug-likeness (QED) is 0.845. The van der Waals surface area contributed by atoms with Crippen LogP contribution in [0.25, 0.3) is 0 Å². The SMILES string of the molecule is NCCCC(=O)Nc1ccc(Cc2ccncc2)cc1. The zero-order valence-corrected chi connectivity index (χ0v) is 11.4. The van der Waals surface area contributed by atoms with Crippen LogP contribution in [0.4, 0.5) is 5.69 Å². The molecule has 3 N–H and O–H groups in total. The van der Waals surface area contributed by atoms with Crippen LogP contribution < -0.4 is 11.1 Å². The number of carbonyl (C=O) groups excluding carboxylic acids is 1. The van der Waals surface area contributed by atoms with Crippen molar-refractivity contribution in [3.05, 3.63) is 59.9 Å². The molecule has 4 heteroatoms. The molecular weight excluding hydrogens is 250 g/mol. The predicted octanol–water partition coefficient (Wildman–Crippen LogP) is 2.35. The molecule has 2 aromatic rings. The molecule has 1 amide bonds. The third kappa shape index (κ3) is 4.48. The summed E-state index contributed by atoms with van der Waals surface area (Å²) in [4.78, 5) is 15.6. The molecule has 0 atom stereocenters. The van der Waals surface area contributed by atoms with Gasteiger partial charge in [-0.25, -0.2) is 0 Å². The highest BCUT2D eigenvalue weighted by atomic mass is 16.1. The fourth-order valence-electron chi connectivity index (χ4n) is 1.93. The summed E-state index contributed by atoms with van der Waals surface area (Å²) in [5.41, 5.74) is 8.63. The molecule has 0 spiro atoms. The van der Waals surface area contributed by atoms with Gasteiger partial charge in [-0.2, -0.15) is 0 Å². The van der Waals surface area contributed by atoms with Crippen LogP contribution in [0.2, 0.25) is 0 Å².